The van der Waals surface area contributed by atoms with Crippen molar-refractivity contribution in [1.29, 1.82) is 0 Å². The summed E-state index contributed by atoms with van der Waals surface area (Å²) in [4.78, 5) is 11.2. The number of anilines is 1. The SMILES string of the molecule is O=C(O)c1cc(N(I)S(=O)(=O)c2ccccc2)ccc1Cl. The average Bonchev–Trinajstić information content (AvgIpc) is 2.47. The molecule has 2 rings (SSSR count). The maximum atomic E-state index is 12.4. The van der Waals surface area contributed by atoms with Crippen LogP contribution in [0.15, 0.2) is 53.4 Å². The quantitative estimate of drug-likeness (QED) is 0.586. The second-order valence-corrected chi connectivity index (χ2v) is 7.82. The molecule has 0 fully saturated rings. The van der Waals surface area contributed by atoms with Gasteiger partial charge in [-0.25, -0.2) is 15.7 Å². The van der Waals surface area contributed by atoms with Crippen LogP contribution in [-0.4, -0.2) is 19.5 Å². The van der Waals surface area contributed by atoms with Gasteiger partial charge >= 0.3 is 5.97 Å². The highest BCUT2D eigenvalue weighted by molar-refractivity contribution is 14.1. The van der Waals surface area contributed by atoms with Gasteiger partial charge < -0.3 is 5.11 Å². The van der Waals surface area contributed by atoms with Crippen LogP contribution in [0.4, 0.5) is 5.69 Å². The molecule has 0 heterocycles. The lowest BCUT2D eigenvalue weighted by Crippen LogP contribution is -2.20. The van der Waals surface area contributed by atoms with E-state index in [9.17, 15) is 13.2 Å². The molecule has 2 aromatic carbocycles. The first kappa shape index (κ1) is 16.1. The molecule has 0 aliphatic heterocycles. The molecule has 1 N–H and O–H groups in total. The molecule has 2 aromatic rings. The molecular weight excluding hydrogens is 429 g/mol. The number of carboxylic acids is 1. The van der Waals surface area contributed by atoms with E-state index in [1.165, 1.54) is 30.3 Å². The fourth-order valence-corrected chi connectivity index (χ4v) is 3.87. The van der Waals surface area contributed by atoms with Gasteiger partial charge in [0.1, 0.15) is 0 Å². The first-order valence-corrected chi connectivity index (χ1v) is 8.41. The Kier molecular flexibility index (Phi) is 4.74. The molecule has 0 amide bonds. The van der Waals surface area contributed by atoms with E-state index in [0.29, 0.717) is 0 Å². The predicted molar refractivity (Wildman–Crippen MR) is 88.5 cm³/mol. The molecule has 8 heteroatoms. The summed E-state index contributed by atoms with van der Waals surface area (Å²) in [6, 6.07) is 11.9. The number of rotatable bonds is 4. The standard InChI is InChI=1S/C13H9ClINO4S/c14-12-7-6-9(8-11(12)13(17)18)16(15)21(19,20)10-4-2-1-3-5-10/h1-8H,(H,17,18). The third kappa shape index (κ3) is 3.30. The lowest BCUT2D eigenvalue weighted by molar-refractivity contribution is 0.0697. The fraction of sp³-hybridized carbons (Fsp3) is 0. The van der Waals surface area contributed by atoms with Gasteiger partial charge in [0, 0.05) is 0 Å². The molecule has 0 aromatic heterocycles. The van der Waals surface area contributed by atoms with Gasteiger partial charge in [-0.2, -0.15) is 0 Å². The number of carboxylic acid groups (broad SMARTS) is 1. The van der Waals surface area contributed by atoms with E-state index < -0.39 is 16.0 Å². The summed E-state index contributed by atoms with van der Waals surface area (Å²) < 4.78 is 25.9. The lowest BCUT2D eigenvalue weighted by Gasteiger charge is -2.17. The predicted octanol–water partition coefficient (Wildman–Crippen LogP) is 3.58. The zero-order valence-corrected chi connectivity index (χ0v) is 14.1. The maximum Gasteiger partial charge on any atom is 0.337 e. The van der Waals surface area contributed by atoms with Gasteiger partial charge in [-0.1, -0.05) is 29.8 Å². The first-order valence-electron chi connectivity index (χ1n) is 5.63. The van der Waals surface area contributed by atoms with Crippen molar-refractivity contribution < 1.29 is 18.3 Å². The van der Waals surface area contributed by atoms with Gasteiger partial charge in [-0.3, -0.25) is 0 Å². The molecular formula is C13H9ClINO4S. The molecule has 21 heavy (non-hydrogen) atoms. The van der Waals surface area contributed by atoms with Crippen LogP contribution in [0.3, 0.4) is 0 Å². The molecule has 0 radical (unpaired) electrons. The Morgan fingerprint density at radius 2 is 1.76 bits per heavy atom. The summed E-state index contributed by atoms with van der Waals surface area (Å²) in [5.74, 6) is -1.22. The number of benzene rings is 2. The van der Waals surface area contributed by atoms with Crippen molar-refractivity contribution in [2.45, 2.75) is 4.90 Å². The number of hydrogen-bond donors (Lipinski definition) is 1. The Hall–Kier alpha value is -1.32. The van der Waals surface area contributed by atoms with E-state index in [-0.39, 0.29) is 21.2 Å². The topological polar surface area (TPSA) is 74.7 Å². The van der Waals surface area contributed by atoms with Gasteiger partial charge in [-0.15, -0.1) is 0 Å². The molecule has 0 saturated heterocycles. The summed E-state index contributed by atoms with van der Waals surface area (Å²) in [6.07, 6.45) is 0. The van der Waals surface area contributed by atoms with E-state index in [0.717, 1.165) is 2.52 Å². The molecule has 0 bridgehead atoms. The number of carbonyl (C=O) groups is 1. The second-order valence-electron chi connectivity index (χ2n) is 4.00. The Balaban J connectivity index is 2.48. The normalized spacial score (nSPS) is 11.1. The Morgan fingerprint density at radius 1 is 1.14 bits per heavy atom. The van der Waals surface area contributed by atoms with Gasteiger partial charge in [-0.05, 0) is 30.3 Å². The van der Waals surface area contributed by atoms with E-state index in [2.05, 4.69) is 0 Å². The van der Waals surface area contributed by atoms with Crippen LogP contribution in [0.2, 0.25) is 5.02 Å². The third-order valence-electron chi connectivity index (χ3n) is 2.64. The van der Waals surface area contributed by atoms with Crippen LogP contribution in [0, 0.1) is 0 Å². The summed E-state index contributed by atoms with van der Waals surface area (Å²) >= 11 is 7.39. The van der Waals surface area contributed by atoms with E-state index >= 15 is 0 Å². The molecule has 5 nitrogen and oxygen atoms in total. The van der Waals surface area contributed by atoms with Crippen molar-refractivity contribution in [2.24, 2.45) is 0 Å². The smallest absolute Gasteiger partial charge is 0.337 e. The van der Waals surface area contributed by atoms with E-state index in [4.69, 9.17) is 16.7 Å². The summed E-state index contributed by atoms with van der Waals surface area (Å²) in [7, 11) is -3.76. The minimum Gasteiger partial charge on any atom is -0.478 e. The van der Waals surface area contributed by atoms with Crippen molar-refractivity contribution in [2.75, 3.05) is 2.52 Å². The number of halogens is 2. The van der Waals surface area contributed by atoms with Crippen LogP contribution in [-0.2, 0) is 10.0 Å². The monoisotopic (exact) mass is 437 g/mol. The molecule has 0 aliphatic carbocycles. The highest BCUT2D eigenvalue weighted by Gasteiger charge is 2.24. The minimum atomic E-state index is -3.76. The largest absolute Gasteiger partial charge is 0.478 e. The van der Waals surface area contributed by atoms with Crippen molar-refractivity contribution in [3.63, 3.8) is 0 Å². The second kappa shape index (κ2) is 6.20. The highest BCUT2D eigenvalue weighted by Crippen LogP contribution is 2.30. The maximum absolute atomic E-state index is 12.4. The summed E-state index contributed by atoms with van der Waals surface area (Å²) in [5, 5.41) is 9.09. The van der Waals surface area contributed by atoms with E-state index in [1.807, 2.05) is 0 Å². The molecule has 110 valence electrons. The van der Waals surface area contributed by atoms with Gasteiger partial charge in [0.25, 0.3) is 10.0 Å². The van der Waals surface area contributed by atoms with Crippen molar-refractivity contribution >= 4 is 56.1 Å². The Labute approximate surface area is 140 Å². The van der Waals surface area contributed by atoms with Gasteiger partial charge in [0.15, 0.2) is 0 Å². The Morgan fingerprint density at radius 3 is 2.33 bits per heavy atom. The van der Waals surface area contributed by atoms with Crippen LogP contribution in [0.25, 0.3) is 0 Å². The van der Waals surface area contributed by atoms with Crippen LogP contribution < -0.4 is 2.52 Å². The van der Waals surface area contributed by atoms with Gasteiger partial charge in [0.05, 0.1) is 44.0 Å². The van der Waals surface area contributed by atoms with E-state index in [1.54, 1.807) is 41.1 Å². The molecule has 0 saturated carbocycles. The molecule has 0 atom stereocenters. The highest BCUT2D eigenvalue weighted by atomic mass is 127. The number of aromatic carboxylic acids is 1. The molecule has 0 aliphatic rings. The number of sulfonamides is 1. The van der Waals surface area contributed by atoms with Crippen LogP contribution in [0.5, 0.6) is 0 Å². The number of nitrogens with zero attached hydrogens (tertiary/aromatic N) is 1. The number of hydrogen-bond acceptors (Lipinski definition) is 3. The zero-order valence-electron chi connectivity index (χ0n) is 10.4. The third-order valence-corrected chi connectivity index (χ3v) is 6.58. The summed E-state index contributed by atoms with van der Waals surface area (Å²) in [5.41, 5.74) is 0.0559. The average molecular weight is 438 g/mol. The molecule has 0 unspecified atom stereocenters. The van der Waals surface area contributed by atoms with Crippen LogP contribution in [0.1, 0.15) is 10.4 Å². The zero-order chi connectivity index (χ0) is 15.6. The van der Waals surface area contributed by atoms with Crippen molar-refractivity contribution in [3.05, 3.63) is 59.1 Å². The Bertz CT molecular complexity index is 780. The van der Waals surface area contributed by atoms with Gasteiger partial charge in [0.2, 0.25) is 0 Å². The first-order chi connectivity index (χ1) is 9.84. The minimum absolute atomic E-state index is 0.0492. The van der Waals surface area contributed by atoms with Crippen molar-refractivity contribution in [1.82, 2.24) is 0 Å². The van der Waals surface area contributed by atoms with Crippen LogP contribution >= 0.6 is 34.5 Å². The summed E-state index contributed by atoms with van der Waals surface area (Å²) in [6.45, 7) is 0. The molecule has 0 spiro atoms. The van der Waals surface area contributed by atoms with Crippen molar-refractivity contribution in [3.8, 4) is 0 Å². The fourth-order valence-electron chi connectivity index (χ4n) is 1.61. The lowest BCUT2D eigenvalue weighted by atomic mass is 10.2.